The van der Waals surface area contributed by atoms with Gasteiger partial charge in [-0.3, -0.25) is 0 Å². The quantitative estimate of drug-likeness (QED) is 0.797. The second-order valence-corrected chi connectivity index (χ2v) is 5.95. The molecule has 0 saturated carbocycles. The Morgan fingerprint density at radius 1 is 1.25 bits per heavy atom. The van der Waals surface area contributed by atoms with Crippen molar-refractivity contribution < 1.29 is 4.74 Å². The fraction of sp³-hybridized carbons (Fsp3) is 0.647. The molecule has 0 amide bonds. The van der Waals surface area contributed by atoms with E-state index in [0.717, 1.165) is 19.1 Å². The summed E-state index contributed by atoms with van der Waals surface area (Å²) in [6.45, 7) is 8.45. The minimum absolute atomic E-state index is 0. The van der Waals surface area contributed by atoms with Crippen molar-refractivity contribution in [1.82, 2.24) is 5.32 Å². The summed E-state index contributed by atoms with van der Waals surface area (Å²) >= 11 is 0. The lowest BCUT2D eigenvalue weighted by atomic mass is 9.97. The molecule has 1 fully saturated rings. The summed E-state index contributed by atoms with van der Waals surface area (Å²) in [6, 6.07) is 8.82. The summed E-state index contributed by atoms with van der Waals surface area (Å²) in [7, 11) is 0. The van der Waals surface area contributed by atoms with Crippen LogP contribution in [0, 0.1) is 5.92 Å². The molecule has 1 aromatic rings. The molecule has 0 spiro atoms. The van der Waals surface area contributed by atoms with Crippen LogP contribution < -0.4 is 5.32 Å². The average Bonchev–Trinajstić information content (AvgIpc) is 2.45. The number of piperidine rings is 1. The van der Waals surface area contributed by atoms with Crippen molar-refractivity contribution in [1.29, 1.82) is 0 Å². The molecule has 1 atom stereocenters. The van der Waals surface area contributed by atoms with Gasteiger partial charge < -0.3 is 10.1 Å². The molecule has 114 valence electrons. The van der Waals surface area contributed by atoms with Crippen LogP contribution in [0.4, 0.5) is 0 Å². The second kappa shape index (κ2) is 9.38. The van der Waals surface area contributed by atoms with Crippen molar-refractivity contribution in [2.24, 2.45) is 5.92 Å². The molecule has 1 aliphatic heterocycles. The number of hydrogen-bond acceptors (Lipinski definition) is 2. The normalized spacial score (nSPS) is 18.9. The van der Waals surface area contributed by atoms with Crippen LogP contribution in [0.1, 0.15) is 50.2 Å². The van der Waals surface area contributed by atoms with E-state index >= 15 is 0 Å². The van der Waals surface area contributed by atoms with Crippen molar-refractivity contribution in [2.45, 2.75) is 45.6 Å². The second-order valence-electron chi connectivity index (χ2n) is 5.95. The van der Waals surface area contributed by atoms with Crippen LogP contribution in [-0.4, -0.2) is 19.7 Å². The van der Waals surface area contributed by atoms with Crippen molar-refractivity contribution in [3.8, 4) is 0 Å². The Morgan fingerprint density at radius 2 is 2.00 bits per heavy atom. The summed E-state index contributed by atoms with van der Waals surface area (Å²) in [5.74, 6) is 1.42. The van der Waals surface area contributed by atoms with Crippen LogP contribution in [0.5, 0.6) is 0 Å². The molecule has 2 nitrogen and oxygen atoms in total. The van der Waals surface area contributed by atoms with Crippen LogP contribution in [0.15, 0.2) is 24.3 Å². The highest BCUT2D eigenvalue weighted by molar-refractivity contribution is 5.85. The number of nitrogens with one attached hydrogen (secondary N) is 1. The maximum atomic E-state index is 5.80. The van der Waals surface area contributed by atoms with E-state index < -0.39 is 0 Å². The SMILES string of the molecule is CC(C)c1ccc(COCCC2CCCNC2)cc1.Cl. The van der Waals surface area contributed by atoms with Crippen molar-refractivity contribution in [3.05, 3.63) is 35.4 Å². The van der Waals surface area contributed by atoms with E-state index in [2.05, 4.69) is 43.4 Å². The maximum Gasteiger partial charge on any atom is 0.0716 e. The zero-order valence-corrected chi connectivity index (χ0v) is 13.5. The molecule has 1 saturated heterocycles. The predicted molar refractivity (Wildman–Crippen MR) is 87.6 cm³/mol. The third kappa shape index (κ3) is 5.82. The Hall–Kier alpha value is -0.570. The van der Waals surface area contributed by atoms with E-state index in [-0.39, 0.29) is 12.4 Å². The Kier molecular flexibility index (Phi) is 8.20. The van der Waals surface area contributed by atoms with Gasteiger partial charge in [-0.05, 0) is 55.3 Å². The first-order chi connectivity index (χ1) is 9.25. The number of rotatable bonds is 6. The summed E-state index contributed by atoms with van der Waals surface area (Å²) < 4.78 is 5.80. The van der Waals surface area contributed by atoms with Gasteiger partial charge >= 0.3 is 0 Å². The lowest BCUT2D eigenvalue weighted by molar-refractivity contribution is 0.103. The Bertz CT molecular complexity index is 358. The van der Waals surface area contributed by atoms with E-state index in [0.29, 0.717) is 5.92 Å². The minimum atomic E-state index is 0. The molecule has 1 unspecified atom stereocenters. The van der Waals surface area contributed by atoms with Crippen molar-refractivity contribution >= 4 is 12.4 Å². The van der Waals surface area contributed by atoms with Gasteiger partial charge in [-0.2, -0.15) is 0 Å². The fourth-order valence-corrected chi connectivity index (χ4v) is 2.61. The standard InChI is InChI=1S/C17H27NO.ClH/c1-14(2)17-7-5-16(6-8-17)13-19-11-9-15-4-3-10-18-12-15;/h5-8,14-15,18H,3-4,9-13H2,1-2H3;1H. The molecular weight excluding hydrogens is 270 g/mol. The lowest BCUT2D eigenvalue weighted by Gasteiger charge is -2.22. The van der Waals surface area contributed by atoms with Gasteiger partial charge in [0.05, 0.1) is 6.61 Å². The summed E-state index contributed by atoms with van der Waals surface area (Å²) in [5.41, 5.74) is 2.68. The van der Waals surface area contributed by atoms with Crippen LogP contribution in [0.3, 0.4) is 0 Å². The molecule has 0 radical (unpaired) electrons. The van der Waals surface area contributed by atoms with Gasteiger partial charge in [0.15, 0.2) is 0 Å². The number of ether oxygens (including phenoxy) is 1. The van der Waals surface area contributed by atoms with E-state index in [9.17, 15) is 0 Å². The van der Waals surface area contributed by atoms with Crippen LogP contribution in [0.2, 0.25) is 0 Å². The molecule has 1 heterocycles. The number of hydrogen-bond donors (Lipinski definition) is 1. The third-order valence-electron chi connectivity index (χ3n) is 3.98. The topological polar surface area (TPSA) is 21.3 Å². The summed E-state index contributed by atoms with van der Waals surface area (Å²) in [5, 5.41) is 3.45. The van der Waals surface area contributed by atoms with E-state index in [1.807, 2.05) is 0 Å². The first-order valence-corrected chi connectivity index (χ1v) is 7.63. The van der Waals surface area contributed by atoms with Crippen LogP contribution in [-0.2, 0) is 11.3 Å². The summed E-state index contributed by atoms with van der Waals surface area (Å²) in [6.07, 6.45) is 3.87. The smallest absolute Gasteiger partial charge is 0.0716 e. The first-order valence-electron chi connectivity index (χ1n) is 7.63. The fourth-order valence-electron chi connectivity index (χ4n) is 2.61. The largest absolute Gasteiger partial charge is 0.377 e. The molecule has 3 heteroatoms. The average molecular weight is 298 g/mol. The molecule has 0 bridgehead atoms. The van der Waals surface area contributed by atoms with Crippen molar-refractivity contribution in [2.75, 3.05) is 19.7 Å². The number of halogens is 1. The Labute approximate surface area is 129 Å². The Morgan fingerprint density at radius 3 is 2.60 bits per heavy atom. The maximum absolute atomic E-state index is 5.80. The van der Waals surface area contributed by atoms with E-state index in [1.54, 1.807) is 0 Å². The molecule has 0 aromatic heterocycles. The Balaban J connectivity index is 0.00000200. The monoisotopic (exact) mass is 297 g/mol. The summed E-state index contributed by atoms with van der Waals surface area (Å²) in [4.78, 5) is 0. The molecule has 20 heavy (non-hydrogen) atoms. The van der Waals surface area contributed by atoms with Gasteiger partial charge in [0, 0.05) is 6.61 Å². The van der Waals surface area contributed by atoms with Crippen molar-refractivity contribution in [3.63, 3.8) is 0 Å². The molecule has 1 N–H and O–H groups in total. The minimum Gasteiger partial charge on any atom is -0.377 e. The highest BCUT2D eigenvalue weighted by Crippen LogP contribution is 2.16. The zero-order chi connectivity index (χ0) is 13.5. The van der Waals surface area contributed by atoms with E-state index in [4.69, 9.17) is 4.74 Å². The molecule has 1 aliphatic rings. The molecule has 1 aromatic carbocycles. The van der Waals surface area contributed by atoms with Crippen LogP contribution >= 0.6 is 12.4 Å². The van der Waals surface area contributed by atoms with Gasteiger partial charge in [-0.15, -0.1) is 12.4 Å². The molecule has 0 aliphatic carbocycles. The van der Waals surface area contributed by atoms with E-state index in [1.165, 1.54) is 43.5 Å². The molecular formula is C17H28ClNO. The third-order valence-corrected chi connectivity index (χ3v) is 3.98. The van der Waals surface area contributed by atoms with Gasteiger partial charge in [-0.25, -0.2) is 0 Å². The lowest BCUT2D eigenvalue weighted by Crippen LogP contribution is -2.30. The van der Waals surface area contributed by atoms with Crippen LogP contribution in [0.25, 0.3) is 0 Å². The highest BCUT2D eigenvalue weighted by atomic mass is 35.5. The molecule has 2 rings (SSSR count). The first kappa shape index (κ1) is 17.5. The predicted octanol–water partition coefficient (Wildman–Crippen LogP) is 4.14. The van der Waals surface area contributed by atoms with Gasteiger partial charge in [0.1, 0.15) is 0 Å². The van der Waals surface area contributed by atoms with Gasteiger partial charge in [0.25, 0.3) is 0 Å². The van der Waals surface area contributed by atoms with Gasteiger partial charge in [-0.1, -0.05) is 38.1 Å². The zero-order valence-electron chi connectivity index (χ0n) is 12.7. The number of benzene rings is 1. The highest BCUT2D eigenvalue weighted by Gasteiger charge is 2.12. The van der Waals surface area contributed by atoms with Gasteiger partial charge in [0.2, 0.25) is 0 Å².